The highest BCUT2D eigenvalue weighted by molar-refractivity contribution is 6.01. The zero-order valence-electron chi connectivity index (χ0n) is 22.5. The van der Waals surface area contributed by atoms with Crippen LogP contribution < -0.4 is 27.1 Å². The van der Waals surface area contributed by atoms with Gasteiger partial charge in [0.2, 0.25) is 5.91 Å². The number of anilines is 1. The number of ether oxygens (including phenoxy) is 1. The van der Waals surface area contributed by atoms with Gasteiger partial charge in [0.05, 0.1) is 42.2 Å². The first-order valence-corrected chi connectivity index (χ1v) is 12.8. The molecule has 2 amide bonds. The highest BCUT2D eigenvalue weighted by Crippen LogP contribution is 2.33. The summed E-state index contributed by atoms with van der Waals surface area (Å²) >= 11 is 0. The number of carbonyl (C=O) groups excluding carboxylic acids is 2. The van der Waals surface area contributed by atoms with Crippen LogP contribution in [0, 0.1) is 24.2 Å². The minimum absolute atomic E-state index is 0.216. The second-order valence-electron chi connectivity index (χ2n) is 9.67. The summed E-state index contributed by atoms with van der Waals surface area (Å²) in [6.45, 7) is 4.21. The molecule has 5 N–H and O–H groups in total. The highest BCUT2D eigenvalue weighted by Gasteiger charge is 2.29. The van der Waals surface area contributed by atoms with Gasteiger partial charge < -0.3 is 21.5 Å². The van der Waals surface area contributed by atoms with E-state index in [4.69, 9.17) is 16.2 Å². The molecule has 11 heteroatoms. The fraction of sp³-hybridized carbons (Fsp3) is 0.276. The van der Waals surface area contributed by atoms with Crippen molar-refractivity contribution in [2.75, 3.05) is 19.0 Å². The van der Waals surface area contributed by atoms with Crippen LogP contribution in [0.1, 0.15) is 47.3 Å². The molecule has 0 fully saturated rings. The Morgan fingerprint density at radius 1 is 1.20 bits per heavy atom. The minimum atomic E-state index is -0.910. The Kier molecular flexibility index (Phi) is 8.31. The Labute approximate surface area is 231 Å². The number of fused-ring (bicyclic) bond motifs is 1. The van der Waals surface area contributed by atoms with E-state index in [1.54, 1.807) is 24.4 Å². The van der Waals surface area contributed by atoms with Gasteiger partial charge in [-0.15, -0.1) is 0 Å². The number of primary amides is 1. The van der Waals surface area contributed by atoms with Gasteiger partial charge in [0.1, 0.15) is 11.8 Å². The van der Waals surface area contributed by atoms with Crippen LogP contribution in [0.5, 0.6) is 5.75 Å². The molecule has 0 saturated carbocycles. The number of hydrogen-bond donors (Lipinski definition) is 3. The van der Waals surface area contributed by atoms with E-state index < -0.39 is 23.4 Å². The van der Waals surface area contributed by atoms with E-state index in [-0.39, 0.29) is 11.5 Å². The lowest BCUT2D eigenvalue weighted by Gasteiger charge is -2.26. The maximum absolute atomic E-state index is 13.8. The fourth-order valence-corrected chi connectivity index (χ4v) is 4.82. The molecule has 0 aliphatic heterocycles. The number of rotatable bonds is 10. The third-order valence-corrected chi connectivity index (χ3v) is 6.88. The maximum Gasteiger partial charge on any atom is 0.252 e. The molecule has 0 saturated heterocycles. The number of aromatic nitrogens is 3. The summed E-state index contributed by atoms with van der Waals surface area (Å²) in [5, 5.41) is 16.6. The van der Waals surface area contributed by atoms with Crippen molar-refractivity contribution >= 4 is 23.0 Å². The predicted molar refractivity (Wildman–Crippen MR) is 151 cm³/mol. The fourth-order valence-electron chi connectivity index (χ4n) is 4.82. The Morgan fingerprint density at radius 2 is 1.98 bits per heavy atom. The molecule has 0 bridgehead atoms. The number of hydrogen-bond acceptors (Lipinski definition) is 7. The van der Waals surface area contributed by atoms with Gasteiger partial charge in [-0.05, 0) is 56.5 Å². The molecule has 0 aliphatic rings. The number of nitriles is 1. The van der Waals surface area contributed by atoms with E-state index in [0.717, 1.165) is 5.56 Å². The van der Waals surface area contributed by atoms with Gasteiger partial charge in [-0.2, -0.15) is 10.4 Å². The maximum atomic E-state index is 13.8. The predicted octanol–water partition coefficient (Wildman–Crippen LogP) is 3.01. The molecule has 2 atom stereocenters. The van der Waals surface area contributed by atoms with Crippen LogP contribution in [0.15, 0.2) is 59.8 Å². The quantitative estimate of drug-likeness (QED) is 0.277. The summed E-state index contributed by atoms with van der Waals surface area (Å²) in [5.41, 5.74) is 14.2. The summed E-state index contributed by atoms with van der Waals surface area (Å²) in [6.07, 6.45) is 5.72. The van der Waals surface area contributed by atoms with E-state index in [1.165, 1.54) is 34.7 Å². The van der Waals surface area contributed by atoms with E-state index in [9.17, 15) is 19.6 Å². The molecule has 3 aromatic heterocycles. The summed E-state index contributed by atoms with van der Waals surface area (Å²) in [4.78, 5) is 39.1. The number of nitrogens with one attached hydrogen (secondary N) is 1. The second kappa shape index (κ2) is 11.8. The molecule has 4 rings (SSSR count). The molecule has 0 radical (unpaired) electrons. The standard InChI is InChI=1S/C29H31N7O4/c1-17-6-7-19(14-31)21(11-17)22-13-26(37)35(16-25(22)40-3)27(18(2)5-4-9-30)29(39)34-20-8-10-36-24(12-20)23(15-33-36)28(32)38/h6-8,10-13,15-16,18,27H,4-5,9,30H2,1-3H3,(H2,32,38)(H,34,39). The summed E-state index contributed by atoms with van der Waals surface area (Å²) in [6, 6.07) is 11.2. The van der Waals surface area contributed by atoms with E-state index in [0.29, 0.717) is 53.0 Å². The molecule has 3 heterocycles. The average Bonchev–Trinajstić information content (AvgIpc) is 3.36. The largest absolute Gasteiger partial charge is 0.495 e. The SMILES string of the molecule is COc1cn(C(C(=O)Nc2ccn3ncc(C(N)=O)c3c2)C(C)CCCN)c(=O)cc1-c1cc(C)ccc1C#N. The summed E-state index contributed by atoms with van der Waals surface area (Å²) in [7, 11) is 1.47. The second-order valence-corrected chi connectivity index (χ2v) is 9.67. The molecule has 2 unspecified atom stereocenters. The van der Waals surface area contributed by atoms with Crippen molar-refractivity contribution in [2.45, 2.75) is 32.7 Å². The molecule has 0 spiro atoms. The van der Waals surface area contributed by atoms with Crippen LogP contribution in [0.2, 0.25) is 0 Å². The Hall–Kier alpha value is -4.95. The zero-order valence-corrected chi connectivity index (χ0v) is 22.5. The van der Waals surface area contributed by atoms with Gasteiger partial charge in [-0.3, -0.25) is 19.0 Å². The third kappa shape index (κ3) is 5.57. The number of nitrogens with zero attached hydrogens (tertiary/aromatic N) is 4. The average molecular weight is 542 g/mol. The summed E-state index contributed by atoms with van der Waals surface area (Å²) in [5.74, 6) is -1.000. The summed E-state index contributed by atoms with van der Waals surface area (Å²) < 4.78 is 8.48. The van der Waals surface area contributed by atoms with E-state index in [2.05, 4.69) is 16.5 Å². The number of nitrogens with two attached hydrogens (primary N) is 2. The Balaban J connectivity index is 1.78. The van der Waals surface area contributed by atoms with Gasteiger partial charge in [0.25, 0.3) is 11.5 Å². The molecule has 40 heavy (non-hydrogen) atoms. The molecule has 0 aliphatic carbocycles. The first-order chi connectivity index (χ1) is 19.2. The van der Waals surface area contributed by atoms with Gasteiger partial charge in [-0.1, -0.05) is 18.6 Å². The number of benzene rings is 1. The molecule has 1 aromatic carbocycles. The first-order valence-electron chi connectivity index (χ1n) is 12.8. The minimum Gasteiger partial charge on any atom is -0.495 e. The smallest absolute Gasteiger partial charge is 0.252 e. The van der Waals surface area contributed by atoms with Crippen molar-refractivity contribution in [2.24, 2.45) is 17.4 Å². The topological polar surface area (TPSA) is 171 Å². The van der Waals surface area contributed by atoms with Crippen LogP contribution >= 0.6 is 0 Å². The normalized spacial score (nSPS) is 12.5. The zero-order chi connectivity index (χ0) is 29.0. The van der Waals surface area contributed by atoms with Crippen LogP contribution in [0.4, 0.5) is 5.69 Å². The molecule has 4 aromatic rings. The number of pyridine rings is 2. The van der Waals surface area contributed by atoms with Gasteiger partial charge >= 0.3 is 0 Å². The lowest BCUT2D eigenvalue weighted by molar-refractivity contribution is -0.120. The number of methoxy groups -OCH3 is 1. The molecule has 206 valence electrons. The van der Waals surface area contributed by atoms with Crippen molar-refractivity contribution in [3.8, 4) is 22.9 Å². The van der Waals surface area contributed by atoms with Crippen LogP contribution in [0.25, 0.3) is 16.6 Å². The Bertz CT molecular complexity index is 1680. The number of carbonyl (C=O) groups is 2. The monoisotopic (exact) mass is 541 g/mol. The third-order valence-electron chi connectivity index (χ3n) is 6.88. The van der Waals surface area contributed by atoms with Crippen molar-refractivity contribution in [3.63, 3.8) is 0 Å². The first kappa shape index (κ1) is 28.1. The highest BCUT2D eigenvalue weighted by atomic mass is 16.5. The van der Waals surface area contributed by atoms with Crippen LogP contribution in [-0.4, -0.2) is 39.7 Å². The van der Waals surface area contributed by atoms with Crippen molar-refractivity contribution in [1.29, 1.82) is 5.26 Å². The molecular formula is C29H31N7O4. The van der Waals surface area contributed by atoms with Crippen LogP contribution in [-0.2, 0) is 4.79 Å². The molecular weight excluding hydrogens is 510 g/mol. The van der Waals surface area contributed by atoms with Gasteiger partial charge in [-0.25, -0.2) is 4.52 Å². The van der Waals surface area contributed by atoms with Crippen molar-refractivity contribution in [3.05, 3.63) is 82.0 Å². The lowest BCUT2D eigenvalue weighted by Crippen LogP contribution is -2.37. The number of amides is 2. The van der Waals surface area contributed by atoms with E-state index in [1.807, 2.05) is 26.0 Å². The van der Waals surface area contributed by atoms with Crippen molar-refractivity contribution < 1.29 is 14.3 Å². The van der Waals surface area contributed by atoms with Crippen molar-refractivity contribution in [1.82, 2.24) is 14.2 Å². The van der Waals surface area contributed by atoms with Gasteiger partial charge in [0.15, 0.2) is 0 Å². The van der Waals surface area contributed by atoms with Gasteiger partial charge in [0, 0.05) is 29.1 Å². The Morgan fingerprint density at radius 3 is 2.65 bits per heavy atom. The number of aryl methyl sites for hydroxylation is 1. The van der Waals surface area contributed by atoms with E-state index >= 15 is 0 Å². The van der Waals surface area contributed by atoms with Crippen LogP contribution in [0.3, 0.4) is 0 Å². The molecule has 11 nitrogen and oxygen atoms in total. The lowest BCUT2D eigenvalue weighted by atomic mass is 9.94.